The number of fused-ring (bicyclic) bond motifs is 3. The van der Waals surface area contributed by atoms with Crippen molar-refractivity contribution in [2.45, 2.75) is 45.6 Å². The number of esters is 1. The molecule has 0 fully saturated rings. The molecule has 0 N–H and O–H groups in total. The van der Waals surface area contributed by atoms with Gasteiger partial charge in [-0.1, -0.05) is 28.9 Å². The first-order valence-corrected chi connectivity index (χ1v) is 14.0. The van der Waals surface area contributed by atoms with Crippen LogP contribution in [0.25, 0.3) is 5.69 Å². The Hall–Kier alpha value is -3.86. The van der Waals surface area contributed by atoms with Gasteiger partial charge in [0, 0.05) is 28.9 Å². The fourth-order valence-corrected chi connectivity index (χ4v) is 5.46. The van der Waals surface area contributed by atoms with E-state index in [1.54, 1.807) is 38.9 Å². The predicted octanol–water partition coefficient (Wildman–Crippen LogP) is 5.71. The minimum atomic E-state index is -0.763. The number of aromatic nitrogens is 4. The molecule has 2 aromatic heterocycles. The molecule has 2 aromatic carbocycles. The first-order valence-electron chi connectivity index (χ1n) is 13.6. The van der Waals surface area contributed by atoms with Crippen LogP contribution in [-0.4, -0.2) is 53.5 Å². The number of carbonyl (C=O) groups is 1. The van der Waals surface area contributed by atoms with Crippen molar-refractivity contribution in [3.8, 4) is 17.2 Å². The summed E-state index contributed by atoms with van der Waals surface area (Å²) in [6.07, 6.45) is 3.49. The maximum atomic E-state index is 12.0. The van der Waals surface area contributed by atoms with Crippen molar-refractivity contribution in [2.75, 3.05) is 27.9 Å². The Labute approximate surface area is 250 Å². The smallest absolute Gasteiger partial charge is 0.313 e. The van der Waals surface area contributed by atoms with E-state index in [9.17, 15) is 4.79 Å². The number of rotatable bonds is 11. The summed E-state index contributed by atoms with van der Waals surface area (Å²) in [5.41, 5.74) is 3.75. The highest BCUT2D eigenvalue weighted by Crippen LogP contribution is 2.46. The van der Waals surface area contributed by atoms with E-state index in [1.807, 2.05) is 48.7 Å². The number of methoxy groups -OCH3 is 3. The van der Waals surface area contributed by atoms with E-state index in [-0.39, 0.29) is 25.3 Å². The number of para-hydroxylation sites is 1. The topological polar surface area (TPSA) is 98.9 Å². The number of hydrogen-bond donors (Lipinski definition) is 0. The van der Waals surface area contributed by atoms with E-state index in [1.165, 1.54) is 7.11 Å². The van der Waals surface area contributed by atoms with Gasteiger partial charge in [0.2, 0.25) is 0 Å². The molecule has 1 aliphatic heterocycles. The normalized spacial score (nSPS) is 16.3. The van der Waals surface area contributed by atoms with Crippen LogP contribution in [0.5, 0.6) is 11.5 Å². The summed E-state index contributed by atoms with van der Waals surface area (Å²) in [4.78, 5) is 12.0. The van der Waals surface area contributed by atoms with Crippen molar-refractivity contribution in [3.05, 3.63) is 88.5 Å². The highest BCUT2D eigenvalue weighted by atomic mass is 35.5. The van der Waals surface area contributed by atoms with Crippen LogP contribution < -0.4 is 9.47 Å². The van der Waals surface area contributed by atoms with Gasteiger partial charge in [0.1, 0.15) is 12.2 Å². The van der Waals surface area contributed by atoms with Crippen LogP contribution in [0.4, 0.5) is 0 Å². The van der Waals surface area contributed by atoms with Crippen molar-refractivity contribution in [3.63, 3.8) is 0 Å². The molecule has 0 spiro atoms. The van der Waals surface area contributed by atoms with Crippen LogP contribution in [0, 0.1) is 5.41 Å². The lowest BCUT2D eigenvalue weighted by atomic mass is 9.95. The number of hydrogen-bond acceptors (Lipinski definition) is 8. The maximum Gasteiger partial charge on any atom is 0.313 e. The third-order valence-electron chi connectivity index (χ3n) is 7.41. The Morgan fingerprint density at radius 3 is 2.67 bits per heavy atom. The molecule has 0 amide bonds. The van der Waals surface area contributed by atoms with E-state index in [4.69, 9.17) is 35.3 Å². The Morgan fingerprint density at radius 1 is 1.07 bits per heavy atom. The van der Waals surface area contributed by atoms with Gasteiger partial charge in [-0.05, 0) is 56.7 Å². The fourth-order valence-electron chi connectivity index (χ4n) is 5.28. The SMILES string of the molecule is COC(=O)C(C)(C)COCc1cnnn1CC[C@H]1O[C@H](c2cccc(OC)c2OC)c2cc(Cl)ccc2-n2cccc21. The van der Waals surface area contributed by atoms with Crippen molar-refractivity contribution in [2.24, 2.45) is 5.41 Å². The van der Waals surface area contributed by atoms with Crippen LogP contribution >= 0.6 is 11.6 Å². The van der Waals surface area contributed by atoms with Crippen molar-refractivity contribution < 1.29 is 28.5 Å². The summed E-state index contributed by atoms with van der Waals surface area (Å²) in [6.45, 7) is 4.55. The van der Waals surface area contributed by atoms with Gasteiger partial charge in [-0.15, -0.1) is 5.10 Å². The van der Waals surface area contributed by atoms with E-state index >= 15 is 0 Å². The molecule has 0 unspecified atom stereocenters. The highest BCUT2D eigenvalue weighted by Gasteiger charge is 2.33. The Bertz CT molecular complexity index is 1550. The lowest BCUT2D eigenvalue weighted by Gasteiger charge is -2.25. The average Bonchev–Trinajstić information content (AvgIpc) is 3.64. The standard InChI is InChI=1S/C31H35ClN4O6/c1-31(2,30(37)40-5)19-41-18-21-17-33-34-36(21)15-13-26-25-9-7-14-35(25)24-12-11-20(32)16-23(24)28(42-26)22-8-6-10-27(38-3)29(22)39-4/h6-12,14,16-17,26,28H,13,15,18-19H2,1-5H3/t26-,28-/m1/s1. The summed E-state index contributed by atoms with van der Waals surface area (Å²) < 4.78 is 33.0. The van der Waals surface area contributed by atoms with Gasteiger partial charge in [0.15, 0.2) is 11.5 Å². The van der Waals surface area contributed by atoms with Crippen LogP contribution in [-0.2, 0) is 32.2 Å². The van der Waals surface area contributed by atoms with Crippen LogP contribution in [0.1, 0.15) is 55.0 Å². The predicted molar refractivity (Wildman–Crippen MR) is 156 cm³/mol. The van der Waals surface area contributed by atoms with Gasteiger partial charge in [0.25, 0.3) is 0 Å². The Morgan fingerprint density at radius 2 is 1.90 bits per heavy atom. The summed E-state index contributed by atoms with van der Waals surface area (Å²) in [7, 11) is 4.61. The van der Waals surface area contributed by atoms with Gasteiger partial charge < -0.3 is 28.3 Å². The zero-order valence-corrected chi connectivity index (χ0v) is 25.1. The summed E-state index contributed by atoms with van der Waals surface area (Å²) in [6, 6.07) is 15.7. The minimum absolute atomic E-state index is 0.203. The van der Waals surface area contributed by atoms with Gasteiger partial charge in [0.05, 0.1) is 63.2 Å². The van der Waals surface area contributed by atoms with Crippen molar-refractivity contribution in [1.82, 2.24) is 19.6 Å². The summed E-state index contributed by atoms with van der Waals surface area (Å²) in [5, 5.41) is 9.00. The second-order valence-corrected chi connectivity index (χ2v) is 11.1. The number of benzene rings is 2. The highest BCUT2D eigenvalue weighted by molar-refractivity contribution is 6.30. The molecular weight excluding hydrogens is 560 g/mol. The summed E-state index contributed by atoms with van der Waals surface area (Å²) >= 11 is 6.52. The van der Waals surface area contributed by atoms with E-state index in [2.05, 4.69) is 20.9 Å². The molecule has 5 rings (SSSR count). The number of carbonyl (C=O) groups excluding carboxylic acids is 1. The van der Waals surface area contributed by atoms with Gasteiger partial charge in [-0.3, -0.25) is 4.79 Å². The maximum absolute atomic E-state index is 12.0. The molecule has 0 aliphatic carbocycles. The zero-order chi connectivity index (χ0) is 29.9. The third kappa shape index (κ3) is 5.88. The molecule has 0 saturated heterocycles. The number of ether oxygens (including phenoxy) is 5. The molecule has 2 atom stereocenters. The first-order chi connectivity index (χ1) is 20.3. The van der Waals surface area contributed by atoms with E-state index < -0.39 is 11.5 Å². The van der Waals surface area contributed by atoms with Crippen molar-refractivity contribution >= 4 is 17.6 Å². The monoisotopic (exact) mass is 594 g/mol. The minimum Gasteiger partial charge on any atom is -0.493 e. The van der Waals surface area contributed by atoms with Crippen LogP contribution in [0.15, 0.2) is 60.9 Å². The number of nitrogens with zero attached hydrogens (tertiary/aromatic N) is 4. The Balaban J connectivity index is 1.43. The molecule has 10 nitrogen and oxygen atoms in total. The number of halogens is 1. The third-order valence-corrected chi connectivity index (χ3v) is 7.64. The fraction of sp³-hybridized carbons (Fsp3) is 0.387. The quantitative estimate of drug-likeness (QED) is 0.204. The molecule has 42 heavy (non-hydrogen) atoms. The second kappa shape index (κ2) is 12.6. The Kier molecular flexibility index (Phi) is 8.86. The first kappa shape index (κ1) is 29.6. The van der Waals surface area contributed by atoms with Crippen molar-refractivity contribution in [1.29, 1.82) is 0 Å². The molecule has 1 aliphatic rings. The number of aryl methyl sites for hydroxylation is 1. The molecule has 3 heterocycles. The molecular formula is C31H35ClN4O6. The van der Waals surface area contributed by atoms with Gasteiger partial charge in [-0.25, -0.2) is 4.68 Å². The van der Waals surface area contributed by atoms with Crippen LogP contribution in [0.2, 0.25) is 5.02 Å². The lowest BCUT2D eigenvalue weighted by Crippen LogP contribution is -2.30. The molecule has 0 bridgehead atoms. The van der Waals surface area contributed by atoms with Crippen LogP contribution in [0.3, 0.4) is 0 Å². The van der Waals surface area contributed by atoms with Gasteiger partial charge >= 0.3 is 5.97 Å². The second-order valence-electron chi connectivity index (χ2n) is 10.7. The zero-order valence-electron chi connectivity index (χ0n) is 24.4. The summed E-state index contributed by atoms with van der Waals surface area (Å²) in [5.74, 6) is 0.893. The molecule has 0 radical (unpaired) electrons. The molecule has 222 valence electrons. The van der Waals surface area contributed by atoms with E-state index in [0.717, 1.165) is 28.2 Å². The van der Waals surface area contributed by atoms with E-state index in [0.29, 0.717) is 29.5 Å². The van der Waals surface area contributed by atoms with Gasteiger partial charge in [-0.2, -0.15) is 0 Å². The molecule has 4 aromatic rings. The average molecular weight is 595 g/mol. The molecule has 0 saturated carbocycles. The molecule has 11 heteroatoms. The lowest BCUT2D eigenvalue weighted by molar-refractivity contribution is -0.154. The largest absolute Gasteiger partial charge is 0.493 e.